The minimum absolute atomic E-state index is 0.0939. The van der Waals surface area contributed by atoms with Crippen LogP contribution in [0.3, 0.4) is 0 Å². The van der Waals surface area contributed by atoms with Gasteiger partial charge in [0.25, 0.3) is 0 Å². The Hall–Kier alpha value is -2.88. The summed E-state index contributed by atoms with van der Waals surface area (Å²) in [7, 11) is 0. The minimum Gasteiger partial charge on any atom is -0.324 e. The number of anilines is 1. The molecule has 0 radical (unpaired) electrons. The molecule has 1 aliphatic rings. The summed E-state index contributed by atoms with van der Waals surface area (Å²) in [5, 5.41) is 0. The van der Waals surface area contributed by atoms with Gasteiger partial charge in [-0.2, -0.15) is 0 Å². The number of aryl methyl sites for hydroxylation is 2. The van der Waals surface area contributed by atoms with Crippen LogP contribution in [-0.4, -0.2) is 22.0 Å². The van der Waals surface area contributed by atoms with E-state index in [9.17, 15) is 4.79 Å². The lowest BCUT2D eigenvalue weighted by Crippen LogP contribution is -2.24. The molecule has 4 rings (SSSR count). The van der Waals surface area contributed by atoms with Gasteiger partial charge in [-0.05, 0) is 49.2 Å². The number of benzene rings is 2. The molecule has 1 saturated heterocycles. The molecule has 1 aromatic heterocycles. The third-order valence-corrected chi connectivity index (χ3v) is 5.29. The van der Waals surface area contributed by atoms with E-state index < -0.39 is 0 Å². The number of imidazole rings is 1. The van der Waals surface area contributed by atoms with Crippen molar-refractivity contribution < 1.29 is 4.79 Å². The molecule has 1 fully saturated rings. The van der Waals surface area contributed by atoms with Crippen LogP contribution < -0.4 is 4.90 Å². The Morgan fingerprint density at radius 2 is 2.00 bits per heavy atom. The van der Waals surface area contributed by atoms with E-state index >= 15 is 0 Å². The van der Waals surface area contributed by atoms with Gasteiger partial charge in [-0.1, -0.05) is 24.3 Å². The molecule has 0 saturated carbocycles. The zero-order valence-electron chi connectivity index (χ0n) is 15.3. The molecule has 26 heavy (non-hydrogen) atoms. The zero-order chi connectivity index (χ0) is 18.3. The molecule has 1 atom stereocenters. The normalized spacial score (nSPS) is 17.2. The lowest BCUT2D eigenvalue weighted by molar-refractivity contribution is -0.117. The average molecular weight is 345 g/mol. The zero-order valence-corrected chi connectivity index (χ0v) is 15.3. The number of rotatable bonds is 4. The van der Waals surface area contributed by atoms with Gasteiger partial charge in [0.05, 0.1) is 11.0 Å². The maximum Gasteiger partial charge on any atom is 0.227 e. The van der Waals surface area contributed by atoms with E-state index in [2.05, 4.69) is 43.2 Å². The van der Waals surface area contributed by atoms with Crippen LogP contribution in [0.2, 0.25) is 0 Å². The number of carbonyl (C=O) groups is 1. The molecule has 2 heterocycles. The standard InChI is InChI=1S/C22H23N3O/c1-4-11-24-20-8-6-5-7-19(20)23-22(24)17-13-21(26)25(14-17)18-10-9-15(2)16(3)12-18/h4-10,12,17H,1,11,13-14H2,2-3H3/t17-/m0/s1. The lowest BCUT2D eigenvalue weighted by atomic mass is 10.1. The second-order valence-corrected chi connectivity index (χ2v) is 7.03. The Balaban J connectivity index is 1.70. The number of aromatic nitrogens is 2. The van der Waals surface area contributed by atoms with Crippen molar-refractivity contribution in [2.45, 2.75) is 32.7 Å². The number of carbonyl (C=O) groups excluding carboxylic acids is 1. The number of para-hydroxylation sites is 2. The van der Waals surface area contributed by atoms with Gasteiger partial charge >= 0.3 is 0 Å². The van der Waals surface area contributed by atoms with Gasteiger partial charge in [0.2, 0.25) is 5.91 Å². The molecule has 132 valence electrons. The molecule has 3 aromatic rings. The fourth-order valence-corrected chi connectivity index (χ4v) is 3.75. The number of hydrogen-bond acceptors (Lipinski definition) is 2. The smallest absolute Gasteiger partial charge is 0.227 e. The van der Waals surface area contributed by atoms with Crippen molar-refractivity contribution in [2.75, 3.05) is 11.4 Å². The maximum atomic E-state index is 12.7. The monoisotopic (exact) mass is 345 g/mol. The molecule has 1 aliphatic heterocycles. The van der Waals surface area contributed by atoms with Crippen molar-refractivity contribution >= 4 is 22.6 Å². The molecule has 4 heteroatoms. The summed E-state index contributed by atoms with van der Waals surface area (Å²) in [4.78, 5) is 19.4. The van der Waals surface area contributed by atoms with E-state index in [-0.39, 0.29) is 11.8 Å². The fourth-order valence-electron chi connectivity index (χ4n) is 3.75. The third kappa shape index (κ3) is 2.71. The number of allylic oxidation sites excluding steroid dienone is 1. The predicted molar refractivity (Wildman–Crippen MR) is 106 cm³/mol. The highest BCUT2D eigenvalue weighted by Crippen LogP contribution is 2.33. The van der Waals surface area contributed by atoms with Gasteiger partial charge in [-0.3, -0.25) is 4.79 Å². The van der Waals surface area contributed by atoms with E-state index in [4.69, 9.17) is 4.98 Å². The topological polar surface area (TPSA) is 38.1 Å². The largest absolute Gasteiger partial charge is 0.324 e. The molecule has 0 aliphatic carbocycles. The van der Waals surface area contributed by atoms with Crippen molar-refractivity contribution in [2.24, 2.45) is 0 Å². The highest BCUT2D eigenvalue weighted by molar-refractivity contribution is 5.96. The molecule has 0 bridgehead atoms. The van der Waals surface area contributed by atoms with Crippen LogP contribution in [0, 0.1) is 13.8 Å². The first-order chi connectivity index (χ1) is 12.6. The molecule has 4 nitrogen and oxygen atoms in total. The molecule has 0 spiro atoms. The Kier molecular flexibility index (Phi) is 4.11. The van der Waals surface area contributed by atoms with Crippen LogP contribution in [0.4, 0.5) is 5.69 Å². The van der Waals surface area contributed by atoms with Gasteiger partial charge in [0.1, 0.15) is 5.82 Å². The first-order valence-corrected chi connectivity index (χ1v) is 9.02. The van der Waals surface area contributed by atoms with Crippen molar-refractivity contribution in [1.29, 1.82) is 0 Å². The summed E-state index contributed by atoms with van der Waals surface area (Å²) < 4.78 is 2.18. The van der Waals surface area contributed by atoms with Gasteiger partial charge in [0, 0.05) is 31.1 Å². The predicted octanol–water partition coefficient (Wildman–Crippen LogP) is 4.36. The first-order valence-electron chi connectivity index (χ1n) is 9.02. The van der Waals surface area contributed by atoms with E-state index in [0.29, 0.717) is 19.5 Å². The molecular formula is C22H23N3O. The van der Waals surface area contributed by atoms with Crippen molar-refractivity contribution in [3.05, 3.63) is 72.1 Å². The van der Waals surface area contributed by atoms with Gasteiger partial charge in [-0.25, -0.2) is 4.98 Å². The Bertz CT molecular complexity index is 1000. The second kappa shape index (κ2) is 6.45. The van der Waals surface area contributed by atoms with Gasteiger partial charge in [0.15, 0.2) is 0 Å². The Morgan fingerprint density at radius 1 is 1.19 bits per heavy atom. The number of amides is 1. The van der Waals surface area contributed by atoms with Crippen LogP contribution in [-0.2, 0) is 11.3 Å². The number of nitrogens with zero attached hydrogens (tertiary/aromatic N) is 3. The van der Waals surface area contributed by atoms with Gasteiger partial charge in [-0.15, -0.1) is 6.58 Å². The summed E-state index contributed by atoms with van der Waals surface area (Å²) in [6.45, 7) is 9.42. The maximum absolute atomic E-state index is 12.7. The minimum atomic E-state index is 0.0939. The summed E-state index contributed by atoms with van der Waals surface area (Å²) >= 11 is 0. The molecule has 2 aromatic carbocycles. The Labute approximate surface area is 153 Å². The molecule has 1 amide bonds. The number of hydrogen-bond donors (Lipinski definition) is 0. The number of fused-ring (bicyclic) bond motifs is 1. The summed E-state index contributed by atoms with van der Waals surface area (Å²) in [6.07, 6.45) is 2.38. The average Bonchev–Trinajstić information content (AvgIpc) is 3.19. The van der Waals surface area contributed by atoms with E-state index in [1.54, 1.807) is 0 Å². The van der Waals surface area contributed by atoms with Crippen LogP contribution in [0.15, 0.2) is 55.1 Å². The highest BCUT2D eigenvalue weighted by Gasteiger charge is 2.34. The van der Waals surface area contributed by atoms with Crippen molar-refractivity contribution in [1.82, 2.24) is 9.55 Å². The highest BCUT2D eigenvalue weighted by atomic mass is 16.2. The lowest BCUT2D eigenvalue weighted by Gasteiger charge is -2.18. The van der Waals surface area contributed by atoms with Gasteiger partial charge < -0.3 is 9.47 Å². The van der Waals surface area contributed by atoms with Crippen LogP contribution in [0.1, 0.15) is 29.3 Å². The summed E-state index contributed by atoms with van der Waals surface area (Å²) in [5.74, 6) is 1.23. The first kappa shape index (κ1) is 16.6. The van der Waals surface area contributed by atoms with Crippen LogP contribution in [0.25, 0.3) is 11.0 Å². The second-order valence-electron chi connectivity index (χ2n) is 7.03. The Morgan fingerprint density at radius 3 is 2.77 bits per heavy atom. The van der Waals surface area contributed by atoms with Crippen molar-refractivity contribution in [3.63, 3.8) is 0 Å². The van der Waals surface area contributed by atoms with Crippen LogP contribution >= 0.6 is 0 Å². The fraction of sp³-hybridized carbons (Fsp3) is 0.273. The SMILES string of the molecule is C=CCn1c([C@H]2CC(=O)N(c3ccc(C)c(C)c3)C2)nc2ccccc21. The molecular weight excluding hydrogens is 322 g/mol. The summed E-state index contributed by atoms with van der Waals surface area (Å²) in [6, 6.07) is 14.3. The van der Waals surface area contributed by atoms with Crippen molar-refractivity contribution in [3.8, 4) is 0 Å². The quantitative estimate of drug-likeness (QED) is 0.659. The van der Waals surface area contributed by atoms with E-state index in [1.165, 1.54) is 11.1 Å². The summed E-state index contributed by atoms with van der Waals surface area (Å²) in [5.41, 5.74) is 5.50. The van der Waals surface area contributed by atoms with E-state index in [1.807, 2.05) is 35.2 Å². The third-order valence-electron chi connectivity index (χ3n) is 5.29. The van der Waals surface area contributed by atoms with E-state index in [0.717, 1.165) is 22.5 Å². The van der Waals surface area contributed by atoms with Crippen LogP contribution in [0.5, 0.6) is 0 Å². The molecule has 0 N–H and O–H groups in total. The molecule has 0 unspecified atom stereocenters.